The van der Waals surface area contributed by atoms with Crippen molar-refractivity contribution in [1.82, 2.24) is 0 Å². The number of rotatable bonds is 7. The Bertz CT molecular complexity index is 1040. The van der Waals surface area contributed by atoms with Gasteiger partial charge in [-0.3, -0.25) is 0 Å². The summed E-state index contributed by atoms with van der Waals surface area (Å²) >= 11 is 3.46. The number of benzene rings is 2. The number of anilines is 1. The van der Waals surface area contributed by atoms with Gasteiger partial charge >= 0.3 is 11.9 Å². The second kappa shape index (κ2) is 10.7. The van der Waals surface area contributed by atoms with Crippen LogP contribution in [0.3, 0.4) is 0 Å². The van der Waals surface area contributed by atoms with Crippen molar-refractivity contribution in [3.05, 3.63) is 81.1 Å². The lowest BCUT2D eigenvalue weighted by atomic mass is 9.79. The predicted molar refractivity (Wildman–Crippen MR) is 131 cm³/mol. The van der Waals surface area contributed by atoms with E-state index in [1.165, 1.54) is 0 Å². The highest BCUT2D eigenvalue weighted by Crippen LogP contribution is 2.45. The molecule has 6 nitrogen and oxygen atoms in total. The molecule has 3 rings (SSSR count). The van der Waals surface area contributed by atoms with Crippen molar-refractivity contribution in [3.8, 4) is 5.75 Å². The lowest BCUT2D eigenvalue weighted by Gasteiger charge is -2.38. The lowest BCUT2D eigenvalue weighted by Crippen LogP contribution is -2.35. The monoisotopic (exact) mass is 513 g/mol. The summed E-state index contributed by atoms with van der Waals surface area (Å²) in [5, 5.41) is 0. The van der Waals surface area contributed by atoms with Gasteiger partial charge in [0, 0.05) is 21.6 Å². The summed E-state index contributed by atoms with van der Waals surface area (Å²) in [6.07, 6.45) is 0. The van der Waals surface area contributed by atoms with Crippen LogP contribution in [-0.4, -0.2) is 32.3 Å². The Balaban J connectivity index is 2.29. The van der Waals surface area contributed by atoms with Crippen molar-refractivity contribution in [1.29, 1.82) is 0 Å². The largest absolute Gasteiger partial charge is 0.497 e. The van der Waals surface area contributed by atoms with Gasteiger partial charge in [-0.1, -0.05) is 28.1 Å². The number of hydrogen-bond donors (Lipinski definition) is 0. The summed E-state index contributed by atoms with van der Waals surface area (Å²) in [5.41, 5.74) is 3.79. The average Bonchev–Trinajstić information content (AvgIpc) is 2.80. The van der Waals surface area contributed by atoms with E-state index in [-0.39, 0.29) is 13.2 Å². The molecule has 0 unspecified atom stereocenters. The van der Waals surface area contributed by atoms with Crippen molar-refractivity contribution >= 4 is 33.6 Å². The fraction of sp³-hybridized carbons (Fsp3) is 0.308. The fourth-order valence-electron chi connectivity index (χ4n) is 4.11. The van der Waals surface area contributed by atoms with Crippen LogP contribution in [0, 0.1) is 0 Å². The number of hydrogen-bond acceptors (Lipinski definition) is 6. The standard InChI is InChI=1S/C26H28BrNO5/c1-6-32-25(29)22-16(3)28(20-12-14-21(31-5)15-13-20)17(4)23(26(30)33-7-2)24(22)18-8-10-19(27)11-9-18/h8-15,24H,6-7H2,1-5H3. The molecule has 0 aliphatic carbocycles. The molecule has 0 bridgehead atoms. The Labute approximate surface area is 203 Å². The van der Waals surface area contributed by atoms with Crippen molar-refractivity contribution in [3.63, 3.8) is 0 Å². The van der Waals surface area contributed by atoms with Gasteiger partial charge in [0.1, 0.15) is 5.75 Å². The van der Waals surface area contributed by atoms with Gasteiger partial charge in [0.25, 0.3) is 0 Å². The molecule has 7 heteroatoms. The zero-order chi connectivity index (χ0) is 24.1. The highest BCUT2D eigenvalue weighted by atomic mass is 79.9. The van der Waals surface area contributed by atoms with E-state index >= 15 is 0 Å². The number of carbonyl (C=O) groups excluding carboxylic acids is 2. The van der Waals surface area contributed by atoms with Crippen LogP contribution >= 0.6 is 15.9 Å². The molecule has 1 aliphatic heterocycles. The summed E-state index contributed by atoms with van der Waals surface area (Å²) in [5.74, 6) is -0.833. The summed E-state index contributed by atoms with van der Waals surface area (Å²) in [7, 11) is 1.60. The highest BCUT2D eigenvalue weighted by molar-refractivity contribution is 9.10. The third kappa shape index (κ3) is 4.98. The molecule has 0 N–H and O–H groups in total. The van der Waals surface area contributed by atoms with E-state index in [1.54, 1.807) is 21.0 Å². The van der Waals surface area contributed by atoms with E-state index in [1.807, 2.05) is 67.3 Å². The maximum atomic E-state index is 13.3. The molecule has 0 fully saturated rings. The zero-order valence-electron chi connectivity index (χ0n) is 19.5. The van der Waals surface area contributed by atoms with Crippen LogP contribution in [0.1, 0.15) is 39.2 Å². The summed E-state index contributed by atoms with van der Waals surface area (Å²) in [6, 6.07) is 15.0. The molecular formula is C26H28BrNO5. The van der Waals surface area contributed by atoms with Crippen molar-refractivity contribution in [2.75, 3.05) is 25.2 Å². The average molecular weight is 514 g/mol. The summed E-state index contributed by atoms with van der Waals surface area (Å²) < 4.78 is 17.1. The molecular weight excluding hydrogens is 486 g/mol. The maximum absolute atomic E-state index is 13.3. The smallest absolute Gasteiger partial charge is 0.336 e. The first-order valence-electron chi connectivity index (χ1n) is 10.8. The number of methoxy groups -OCH3 is 1. The quantitative estimate of drug-likeness (QED) is 0.440. The maximum Gasteiger partial charge on any atom is 0.336 e. The van der Waals surface area contributed by atoms with Gasteiger partial charge in [-0.2, -0.15) is 0 Å². The Morgan fingerprint density at radius 2 is 1.33 bits per heavy atom. The van der Waals surface area contributed by atoms with Crippen LogP contribution in [0.5, 0.6) is 5.75 Å². The van der Waals surface area contributed by atoms with Gasteiger partial charge in [-0.05, 0) is 69.7 Å². The first kappa shape index (κ1) is 24.6. The van der Waals surface area contributed by atoms with Gasteiger partial charge in [0.05, 0.1) is 37.4 Å². The van der Waals surface area contributed by atoms with Gasteiger partial charge in [-0.15, -0.1) is 0 Å². The minimum absolute atomic E-state index is 0.225. The lowest BCUT2D eigenvalue weighted by molar-refractivity contribution is -0.139. The van der Waals surface area contributed by atoms with E-state index in [0.717, 1.165) is 15.7 Å². The molecule has 33 heavy (non-hydrogen) atoms. The van der Waals surface area contributed by atoms with E-state index in [2.05, 4.69) is 15.9 Å². The van der Waals surface area contributed by atoms with E-state index in [9.17, 15) is 9.59 Å². The number of carbonyl (C=O) groups is 2. The normalized spacial score (nSPS) is 14.4. The Morgan fingerprint density at radius 1 is 0.848 bits per heavy atom. The van der Waals surface area contributed by atoms with Crippen LogP contribution in [0.25, 0.3) is 0 Å². The first-order valence-corrected chi connectivity index (χ1v) is 11.6. The summed E-state index contributed by atoms with van der Waals surface area (Å²) in [6.45, 7) is 7.71. The van der Waals surface area contributed by atoms with Gasteiger partial charge < -0.3 is 19.1 Å². The molecule has 0 radical (unpaired) electrons. The third-order valence-corrected chi connectivity index (χ3v) is 6.08. The fourth-order valence-corrected chi connectivity index (χ4v) is 4.37. The van der Waals surface area contributed by atoms with Crippen molar-refractivity contribution in [2.45, 2.75) is 33.6 Å². The van der Waals surface area contributed by atoms with Crippen molar-refractivity contribution < 1.29 is 23.8 Å². The molecule has 2 aromatic carbocycles. The second-order valence-corrected chi connectivity index (χ2v) is 8.37. The van der Waals surface area contributed by atoms with Gasteiger partial charge in [0.2, 0.25) is 0 Å². The molecule has 0 saturated carbocycles. The minimum Gasteiger partial charge on any atom is -0.497 e. The van der Waals surface area contributed by atoms with Crippen LogP contribution in [0.15, 0.2) is 75.5 Å². The van der Waals surface area contributed by atoms with E-state index in [0.29, 0.717) is 28.3 Å². The molecule has 0 atom stereocenters. The molecule has 0 saturated heterocycles. The van der Waals surface area contributed by atoms with Crippen LogP contribution in [0.4, 0.5) is 5.69 Å². The molecule has 0 amide bonds. The topological polar surface area (TPSA) is 65.1 Å². The summed E-state index contributed by atoms with van der Waals surface area (Å²) in [4.78, 5) is 28.4. The van der Waals surface area contributed by atoms with Gasteiger partial charge in [-0.25, -0.2) is 9.59 Å². The van der Waals surface area contributed by atoms with Crippen LogP contribution < -0.4 is 9.64 Å². The SMILES string of the molecule is CCOC(=O)C1=C(C)N(c2ccc(OC)cc2)C(C)=C(C(=O)OCC)C1c1ccc(Br)cc1. The molecule has 1 heterocycles. The molecule has 0 aromatic heterocycles. The number of nitrogens with zero attached hydrogens (tertiary/aromatic N) is 1. The van der Waals surface area contributed by atoms with E-state index in [4.69, 9.17) is 14.2 Å². The Kier molecular flexibility index (Phi) is 7.97. The number of allylic oxidation sites excluding steroid dienone is 2. The highest BCUT2D eigenvalue weighted by Gasteiger charge is 2.41. The molecule has 1 aliphatic rings. The van der Waals surface area contributed by atoms with Crippen LogP contribution in [-0.2, 0) is 19.1 Å². The third-order valence-electron chi connectivity index (χ3n) is 5.55. The van der Waals surface area contributed by atoms with Gasteiger partial charge in [0.15, 0.2) is 0 Å². The number of esters is 2. The number of halogens is 1. The minimum atomic E-state index is -0.620. The Hall–Kier alpha value is -3.06. The number of ether oxygens (including phenoxy) is 3. The van der Waals surface area contributed by atoms with Crippen LogP contribution in [0.2, 0.25) is 0 Å². The van der Waals surface area contributed by atoms with Crippen molar-refractivity contribution in [2.24, 2.45) is 0 Å². The first-order chi connectivity index (χ1) is 15.8. The molecule has 174 valence electrons. The van der Waals surface area contributed by atoms with E-state index < -0.39 is 17.9 Å². The molecule has 0 spiro atoms. The predicted octanol–water partition coefficient (Wildman–Crippen LogP) is 5.74. The Morgan fingerprint density at radius 3 is 1.76 bits per heavy atom. The molecule has 2 aromatic rings. The second-order valence-electron chi connectivity index (χ2n) is 7.46. The zero-order valence-corrected chi connectivity index (χ0v) is 21.1.